The van der Waals surface area contributed by atoms with Crippen LogP contribution in [0.3, 0.4) is 0 Å². The van der Waals surface area contributed by atoms with E-state index in [1.54, 1.807) is 0 Å². The van der Waals surface area contributed by atoms with Crippen LogP contribution in [0.15, 0.2) is 63.5 Å². The lowest BCUT2D eigenvalue weighted by atomic mass is 10.1. The lowest BCUT2D eigenvalue weighted by Crippen LogP contribution is -2.12. The summed E-state index contributed by atoms with van der Waals surface area (Å²) in [6.07, 6.45) is -10.00. The molecule has 0 spiro atoms. The molecule has 0 aliphatic heterocycles. The van der Waals surface area contributed by atoms with Gasteiger partial charge in [0.1, 0.15) is 17.2 Å². The molecule has 0 heterocycles. The van der Waals surface area contributed by atoms with Crippen LogP contribution in [0.2, 0.25) is 0 Å². The minimum Gasteiger partial charge on any atom is -0.506 e. The molecule has 0 atom stereocenters. The summed E-state index contributed by atoms with van der Waals surface area (Å²) in [6.45, 7) is 0. The van der Waals surface area contributed by atoms with Gasteiger partial charge in [0.25, 0.3) is 5.91 Å². The highest BCUT2D eigenvalue weighted by Crippen LogP contribution is 2.39. The zero-order valence-corrected chi connectivity index (χ0v) is 19.2. The van der Waals surface area contributed by atoms with E-state index >= 15 is 0 Å². The molecule has 0 radical (unpaired) electrons. The number of ether oxygens (including phenoxy) is 1. The van der Waals surface area contributed by atoms with Gasteiger partial charge < -0.3 is 15.2 Å². The van der Waals surface area contributed by atoms with E-state index in [0.717, 1.165) is 0 Å². The molecular formula is C21H11Br2F6NO3. The molecule has 12 heteroatoms. The monoisotopic (exact) mass is 597 g/mol. The highest BCUT2D eigenvalue weighted by molar-refractivity contribution is 9.11. The first-order valence-corrected chi connectivity index (χ1v) is 10.4. The molecule has 3 aromatic carbocycles. The molecule has 0 bridgehead atoms. The van der Waals surface area contributed by atoms with E-state index in [2.05, 4.69) is 37.2 Å². The van der Waals surface area contributed by atoms with Gasteiger partial charge in [0.2, 0.25) is 0 Å². The minimum atomic E-state index is -5.00. The molecule has 0 aliphatic rings. The number of rotatable bonds is 4. The average molecular weight is 599 g/mol. The second kappa shape index (κ2) is 9.26. The van der Waals surface area contributed by atoms with Crippen LogP contribution in [0.1, 0.15) is 21.5 Å². The van der Waals surface area contributed by atoms with Crippen molar-refractivity contribution in [2.24, 2.45) is 0 Å². The van der Waals surface area contributed by atoms with Gasteiger partial charge in [0.05, 0.1) is 21.2 Å². The Morgan fingerprint density at radius 1 is 0.818 bits per heavy atom. The first kappa shape index (κ1) is 24.9. The Kier molecular flexibility index (Phi) is 6.99. The van der Waals surface area contributed by atoms with E-state index in [-0.39, 0.29) is 33.3 Å². The van der Waals surface area contributed by atoms with Crippen molar-refractivity contribution in [3.8, 4) is 17.2 Å². The number of phenols is 1. The number of benzene rings is 3. The predicted molar refractivity (Wildman–Crippen MR) is 114 cm³/mol. The summed E-state index contributed by atoms with van der Waals surface area (Å²) < 4.78 is 83.9. The number of phenolic OH excluding ortho intramolecular Hbond substituents is 1. The maximum atomic E-state index is 13.0. The Hall–Kier alpha value is -2.73. The Labute approximate surface area is 199 Å². The van der Waals surface area contributed by atoms with Gasteiger partial charge in [-0.1, -0.05) is 15.9 Å². The number of halogens is 8. The fourth-order valence-electron chi connectivity index (χ4n) is 2.67. The zero-order valence-electron chi connectivity index (χ0n) is 16.0. The second-order valence-corrected chi connectivity index (χ2v) is 8.38. The molecule has 2 N–H and O–H groups in total. The summed E-state index contributed by atoms with van der Waals surface area (Å²) in [4.78, 5) is 12.4. The zero-order chi connectivity index (χ0) is 24.6. The Morgan fingerprint density at radius 2 is 1.36 bits per heavy atom. The van der Waals surface area contributed by atoms with Crippen molar-refractivity contribution in [2.75, 3.05) is 5.32 Å². The van der Waals surface area contributed by atoms with Crippen molar-refractivity contribution in [3.63, 3.8) is 0 Å². The maximum absolute atomic E-state index is 13.0. The summed E-state index contributed by atoms with van der Waals surface area (Å²) in [7, 11) is 0. The third-order valence-corrected chi connectivity index (χ3v) is 5.24. The highest BCUT2D eigenvalue weighted by atomic mass is 79.9. The molecule has 174 valence electrons. The number of amides is 1. The van der Waals surface area contributed by atoms with Crippen LogP contribution >= 0.6 is 31.9 Å². The molecule has 4 nitrogen and oxygen atoms in total. The van der Waals surface area contributed by atoms with E-state index in [9.17, 15) is 36.2 Å². The van der Waals surface area contributed by atoms with Crippen LogP contribution in [-0.2, 0) is 12.4 Å². The van der Waals surface area contributed by atoms with Gasteiger partial charge in [-0.15, -0.1) is 0 Å². The third kappa shape index (κ3) is 6.20. The molecule has 0 aromatic heterocycles. The minimum absolute atomic E-state index is 0.00119. The molecule has 33 heavy (non-hydrogen) atoms. The average Bonchev–Trinajstić information content (AvgIpc) is 2.70. The Balaban J connectivity index is 1.81. The van der Waals surface area contributed by atoms with Crippen LogP contribution in [0.25, 0.3) is 0 Å². The van der Waals surface area contributed by atoms with E-state index < -0.39 is 35.1 Å². The largest absolute Gasteiger partial charge is 0.506 e. The molecule has 0 aliphatic carbocycles. The fraction of sp³-hybridized carbons (Fsp3) is 0.0952. The number of hydrogen-bond donors (Lipinski definition) is 2. The van der Waals surface area contributed by atoms with Gasteiger partial charge in [-0.3, -0.25) is 4.79 Å². The number of anilines is 1. The molecule has 0 saturated heterocycles. The molecule has 0 unspecified atom stereocenters. The van der Waals surface area contributed by atoms with Crippen molar-refractivity contribution in [1.29, 1.82) is 0 Å². The third-order valence-electron chi connectivity index (χ3n) is 4.18. The first-order chi connectivity index (χ1) is 15.2. The lowest BCUT2D eigenvalue weighted by molar-refractivity contribution is -0.143. The topological polar surface area (TPSA) is 58.6 Å². The smallest absolute Gasteiger partial charge is 0.416 e. The number of nitrogens with one attached hydrogen (secondary N) is 1. The standard InChI is InChI=1S/C21H11Br2F6NO3/c22-12-8-16(18(31)17(23)9-12)19(32)30-13-1-3-14(4-2-13)33-15-6-10(20(24,25)26)5-11(7-15)21(27,28)29/h1-9,31H,(H,30,32). The van der Waals surface area contributed by atoms with Gasteiger partial charge in [-0.25, -0.2) is 0 Å². The van der Waals surface area contributed by atoms with Crippen molar-refractivity contribution < 1.29 is 41.0 Å². The van der Waals surface area contributed by atoms with Crippen molar-refractivity contribution in [1.82, 2.24) is 0 Å². The normalized spacial score (nSPS) is 11.9. The van der Waals surface area contributed by atoms with E-state index in [4.69, 9.17) is 4.74 Å². The van der Waals surface area contributed by atoms with E-state index in [1.807, 2.05) is 0 Å². The van der Waals surface area contributed by atoms with Crippen molar-refractivity contribution >= 4 is 43.5 Å². The van der Waals surface area contributed by atoms with Gasteiger partial charge in [-0.2, -0.15) is 26.3 Å². The van der Waals surface area contributed by atoms with E-state index in [1.165, 1.54) is 36.4 Å². The lowest BCUT2D eigenvalue weighted by Gasteiger charge is -2.15. The van der Waals surface area contributed by atoms with Crippen molar-refractivity contribution in [2.45, 2.75) is 12.4 Å². The fourth-order valence-corrected chi connectivity index (χ4v) is 3.89. The molecular weight excluding hydrogens is 588 g/mol. The van der Waals surface area contributed by atoms with Crippen molar-refractivity contribution in [3.05, 3.63) is 80.2 Å². The predicted octanol–water partition coefficient (Wildman–Crippen LogP) is 8.00. The SMILES string of the molecule is O=C(Nc1ccc(Oc2cc(C(F)(F)F)cc(C(F)(F)F)c2)cc1)c1cc(Br)cc(Br)c1O. The van der Waals surface area contributed by atoms with Crippen LogP contribution in [0.5, 0.6) is 17.2 Å². The number of carbonyl (C=O) groups excluding carboxylic acids is 1. The van der Waals surface area contributed by atoms with Gasteiger partial charge in [0.15, 0.2) is 0 Å². The molecule has 3 aromatic rings. The maximum Gasteiger partial charge on any atom is 0.416 e. The van der Waals surface area contributed by atoms with Gasteiger partial charge in [0, 0.05) is 10.2 Å². The number of alkyl halides is 6. The second-order valence-electron chi connectivity index (χ2n) is 6.61. The Morgan fingerprint density at radius 3 is 1.88 bits per heavy atom. The summed E-state index contributed by atoms with van der Waals surface area (Å²) >= 11 is 6.31. The van der Waals surface area contributed by atoms with Crippen LogP contribution in [-0.4, -0.2) is 11.0 Å². The summed E-state index contributed by atoms with van der Waals surface area (Å²) in [6, 6.07) is 9.00. The highest BCUT2D eigenvalue weighted by Gasteiger charge is 2.37. The van der Waals surface area contributed by atoms with Crippen LogP contribution in [0.4, 0.5) is 32.0 Å². The molecule has 0 saturated carbocycles. The quantitative estimate of drug-likeness (QED) is 0.299. The van der Waals surface area contributed by atoms with E-state index in [0.29, 0.717) is 16.6 Å². The van der Waals surface area contributed by atoms with Gasteiger partial charge >= 0.3 is 12.4 Å². The van der Waals surface area contributed by atoms with Crippen LogP contribution < -0.4 is 10.1 Å². The molecule has 1 amide bonds. The number of hydrogen-bond acceptors (Lipinski definition) is 3. The summed E-state index contributed by atoms with van der Waals surface area (Å²) in [5, 5.41) is 12.5. The molecule has 0 fully saturated rings. The number of carbonyl (C=O) groups is 1. The van der Waals surface area contributed by atoms with Gasteiger partial charge in [-0.05, 0) is 70.5 Å². The Bertz CT molecular complexity index is 1160. The number of aromatic hydroxyl groups is 1. The summed E-state index contributed by atoms with van der Waals surface area (Å²) in [5.74, 6) is -1.66. The summed E-state index contributed by atoms with van der Waals surface area (Å²) in [5.41, 5.74) is -2.81. The molecule has 3 rings (SSSR count). The van der Waals surface area contributed by atoms with Crippen LogP contribution in [0, 0.1) is 0 Å². The first-order valence-electron chi connectivity index (χ1n) is 8.81.